The van der Waals surface area contributed by atoms with Gasteiger partial charge in [0.05, 0.1) is 4.92 Å². The van der Waals surface area contributed by atoms with Crippen LogP contribution in [-0.2, 0) is 4.74 Å². The minimum Gasteiger partial charge on any atom is -0.381 e. The van der Waals surface area contributed by atoms with Crippen LogP contribution in [-0.4, -0.2) is 24.2 Å². The number of nitrogens with zero attached hydrogens (tertiary/aromatic N) is 1. The Morgan fingerprint density at radius 3 is 2.76 bits per heavy atom. The number of hydrogen-bond acceptors (Lipinski definition) is 4. The second-order valence-electron chi connectivity index (χ2n) is 5.72. The summed E-state index contributed by atoms with van der Waals surface area (Å²) in [5, 5.41) is 14.5. The van der Waals surface area contributed by atoms with Gasteiger partial charge < -0.3 is 10.1 Å². The largest absolute Gasteiger partial charge is 0.381 e. The molecule has 1 aromatic carbocycles. The predicted octanol–water partition coefficient (Wildman–Crippen LogP) is 3.45. The van der Waals surface area contributed by atoms with E-state index in [1.807, 2.05) is 6.07 Å². The molecular weight excluding hydrogens is 268 g/mol. The van der Waals surface area contributed by atoms with Gasteiger partial charge in [-0.2, -0.15) is 0 Å². The summed E-state index contributed by atoms with van der Waals surface area (Å²) in [5.41, 5.74) is 1.15. The molecule has 21 heavy (non-hydrogen) atoms. The van der Waals surface area contributed by atoms with E-state index in [0.717, 1.165) is 38.0 Å². The van der Waals surface area contributed by atoms with Crippen molar-refractivity contribution in [3.05, 3.63) is 39.9 Å². The first kappa shape index (κ1) is 15.9. The molecular formula is C16H24N2O3. The first-order valence-corrected chi connectivity index (χ1v) is 7.70. The Labute approximate surface area is 125 Å². The van der Waals surface area contributed by atoms with Crippen molar-refractivity contribution in [1.82, 2.24) is 5.32 Å². The maximum atomic E-state index is 10.9. The van der Waals surface area contributed by atoms with Crippen molar-refractivity contribution in [3.63, 3.8) is 0 Å². The van der Waals surface area contributed by atoms with Gasteiger partial charge in [-0.25, -0.2) is 0 Å². The van der Waals surface area contributed by atoms with Crippen molar-refractivity contribution >= 4 is 5.69 Å². The Morgan fingerprint density at radius 2 is 2.14 bits per heavy atom. The highest BCUT2D eigenvalue weighted by atomic mass is 16.6. The van der Waals surface area contributed by atoms with Gasteiger partial charge in [-0.15, -0.1) is 0 Å². The number of benzene rings is 1. The number of hydrogen-bond donors (Lipinski definition) is 1. The highest BCUT2D eigenvalue weighted by Gasteiger charge is 2.23. The standard InChI is InChI=1S/C16H24N2O3/c1-3-16(14-5-4-6-15(11-14)18(19)20)17-12(2)13-7-9-21-10-8-13/h4-6,11-13,16-17H,3,7-10H2,1-2H3. The molecule has 1 saturated heterocycles. The zero-order valence-corrected chi connectivity index (χ0v) is 12.7. The normalized spacial score (nSPS) is 19.1. The van der Waals surface area contributed by atoms with Crippen molar-refractivity contribution in [2.24, 2.45) is 5.92 Å². The van der Waals surface area contributed by atoms with Gasteiger partial charge in [0, 0.05) is 37.4 Å². The first-order chi connectivity index (χ1) is 10.1. The molecule has 1 N–H and O–H groups in total. The maximum absolute atomic E-state index is 10.9. The zero-order valence-electron chi connectivity index (χ0n) is 12.7. The van der Waals surface area contributed by atoms with Crippen molar-refractivity contribution in [1.29, 1.82) is 0 Å². The summed E-state index contributed by atoms with van der Waals surface area (Å²) < 4.78 is 5.41. The van der Waals surface area contributed by atoms with Gasteiger partial charge >= 0.3 is 0 Å². The summed E-state index contributed by atoms with van der Waals surface area (Å²) >= 11 is 0. The fraction of sp³-hybridized carbons (Fsp3) is 0.625. The summed E-state index contributed by atoms with van der Waals surface area (Å²) in [4.78, 5) is 10.6. The summed E-state index contributed by atoms with van der Waals surface area (Å²) in [5.74, 6) is 0.617. The molecule has 0 aromatic heterocycles. The van der Waals surface area contributed by atoms with E-state index in [4.69, 9.17) is 4.74 Å². The molecule has 1 heterocycles. The van der Waals surface area contributed by atoms with Gasteiger partial charge in [-0.3, -0.25) is 10.1 Å². The second kappa shape index (κ2) is 7.52. The van der Waals surface area contributed by atoms with Crippen molar-refractivity contribution in [2.75, 3.05) is 13.2 Å². The molecule has 2 unspecified atom stereocenters. The Hall–Kier alpha value is -1.46. The highest BCUT2D eigenvalue weighted by Crippen LogP contribution is 2.25. The van der Waals surface area contributed by atoms with Crippen LogP contribution in [0.15, 0.2) is 24.3 Å². The van der Waals surface area contributed by atoms with Gasteiger partial charge in [0.15, 0.2) is 0 Å². The lowest BCUT2D eigenvalue weighted by molar-refractivity contribution is -0.384. The minimum absolute atomic E-state index is 0.155. The lowest BCUT2D eigenvalue weighted by atomic mass is 9.91. The molecule has 0 spiro atoms. The third-order valence-electron chi connectivity index (χ3n) is 4.33. The number of ether oxygens (including phenoxy) is 1. The van der Waals surface area contributed by atoms with Gasteiger partial charge in [-0.1, -0.05) is 19.1 Å². The van der Waals surface area contributed by atoms with Crippen molar-refractivity contribution in [3.8, 4) is 0 Å². The van der Waals surface area contributed by atoms with Gasteiger partial charge in [0.25, 0.3) is 5.69 Å². The van der Waals surface area contributed by atoms with Crippen LogP contribution in [0.5, 0.6) is 0 Å². The zero-order chi connectivity index (χ0) is 15.2. The molecule has 0 amide bonds. The van der Waals surface area contributed by atoms with Gasteiger partial charge in [0.1, 0.15) is 0 Å². The summed E-state index contributed by atoms with van der Waals surface area (Å²) in [6.45, 7) is 5.98. The molecule has 1 aromatic rings. The van der Waals surface area contributed by atoms with Crippen LogP contribution in [0.2, 0.25) is 0 Å². The summed E-state index contributed by atoms with van der Waals surface area (Å²) in [6, 6.07) is 7.48. The number of non-ortho nitro benzene ring substituents is 1. The third-order valence-corrected chi connectivity index (χ3v) is 4.33. The lowest BCUT2D eigenvalue weighted by Gasteiger charge is -2.31. The fourth-order valence-corrected chi connectivity index (χ4v) is 2.97. The molecule has 1 aliphatic rings. The smallest absolute Gasteiger partial charge is 0.269 e. The average molecular weight is 292 g/mol. The molecule has 0 radical (unpaired) electrons. The molecule has 0 bridgehead atoms. The van der Waals surface area contributed by atoms with E-state index >= 15 is 0 Å². The van der Waals surface area contributed by atoms with Crippen LogP contribution in [0.1, 0.15) is 44.7 Å². The second-order valence-corrected chi connectivity index (χ2v) is 5.72. The Bertz CT molecular complexity index is 472. The fourth-order valence-electron chi connectivity index (χ4n) is 2.97. The number of rotatable bonds is 6. The Morgan fingerprint density at radius 1 is 1.43 bits per heavy atom. The molecule has 0 saturated carbocycles. The molecule has 2 atom stereocenters. The van der Waals surface area contributed by atoms with Gasteiger partial charge in [-0.05, 0) is 37.7 Å². The highest BCUT2D eigenvalue weighted by molar-refractivity contribution is 5.35. The lowest BCUT2D eigenvalue weighted by Crippen LogP contribution is -2.38. The number of nitro benzene ring substituents is 1. The number of nitro groups is 1. The topological polar surface area (TPSA) is 64.4 Å². The van der Waals surface area contributed by atoms with E-state index in [0.29, 0.717) is 12.0 Å². The molecule has 1 aliphatic heterocycles. The van der Waals surface area contributed by atoms with Crippen LogP contribution in [0.3, 0.4) is 0 Å². The number of nitrogens with one attached hydrogen (secondary N) is 1. The van der Waals surface area contributed by atoms with Crippen LogP contribution in [0.25, 0.3) is 0 Å². The van der Waals surface area contributed by atoms with E-state index in [9.17, 15) is 10.1 Å². The van der Waals surface area contributed by atoms with Crippen molar-refractivity contribution < 1.29 is 9.66 Å². The Balaban J connectivity index is 2.04. The van der Waals surface area contributed by atoms with E-state index in [1.54, 1.807) is 12.1 Å². The SMILES string of the molecule is CCC(NC(C)C1CCOCC1)c1cccc([N+](=O)[O-])c1. The van der Waals surface area contributed by atoms with Crippen molar-refractivity contribution in [2.45, 2.75) is 45.2 Å². The van der Waals surface area contributed by atoms with Gasteiger partial charge in [0.2, 0.25) is 0 Å². The maximum Gasteiger partial charge on any atom is 0.269 e. The van der Waals surface area contributed by atoms with Crippen LogP contribution < -0.4 is 5.32 Å². The van der Waals surface area contributed by atoms with E-state index in [1.165, 1.54) is 6.07 Å². The molecule has 116 valence electrons. The molecule has 1 fully saturated rings. The van der Waals surface area contributed by atoms with Crippen LogP contribution in [0.4, 0.5) is 5.69 Å². The molecule has 0 aliphatic carbocycles. The summed E-state index contributed by atoms with van der Waals surface area (Å²) in [7, 11) is 0. The van der Waals surface area contributed by atoms with E-state index in [-0.39, 0.29) is 16.7 Å². The molecule has 5 nitrogen and oxygen atoms in total. The van der Waals surface area contributed by atoms with Crippen LogP contribution >= 0.6 is 0 Å². The molecule has 2 rings (SSSR count). The average Bonchev–Trinajstić information content (AvgIpc) is 2.53. The quantitative estimate of drug-likeness (QED) is 0.644. The Kier molecular flexibility index (Phi) is 5.70. The van der Waals surface area contributed by atoms with E-state index < -0.39 is 0 Å². The monoisotopic (exact) mass is 292 g/mol. The first-order valence-electron chi connectivity index (χ1n) is 7.70. The third kappa shape index (κ3) is 4.25. The van der Waals surface area contributed by atoms with E-state index in [2.05, 4.69) is 19.2 Å². The minimum atomic E-state index is -0.335. The molecule has 5 heteroatoms. The predicted molar refractivity (Wildman–Crippen MR) is 82.3 cm³/mol. The van der Waals surface area contributed by atoms with Crippen LogP contribution in [0, 0.1) is 16.0 Å². The summed E-state index contributed by atoms with van der Waals surface area (Å²) in [6.07, 6.45) is 3.08.